The molecule has 8 nitrogen and oxygen atoms in total. The van der Waals surface area contributed by atoms with E-state index in [2.05, 4.69) is 4.99 Å². The van der Waals surface area contributed by atoms with Crippen molar-refractivity contribution in [3.05, 3.63) is 59.7 Å². The van der Waals surface area contributed by atoms with E-state index in [0.717, 1.165) is 5.56 Å². The predicted molar refractivity (Wildman–Crippen MR) is 109 cm³/mol. The Balaban J connectivity index is 1.51. The van der Waals surface area contributed by atoms with Crippen molar-refractivity contribution in [3.8, 4) is 5.75 Å². The molecule has 3 rings (SSSR count). The molecule has 0 saturated carbocycles. The zero-order chi connectivity index (χ0) is 20.6. The van der Waals surface area contributed by atoms with E-state index in [4.69, 9.17) is 20.9 Å². The molecule has 0 radical (unpaired) electrons. The third kappa shape index (κ3) is 6.05. The van der Waals surface area contributed by atoms with Gasteiger partial charge < -0.3 is 25.8 Å². The van der Waals surface area contributed by atoms with Crippen molar-refractivity contribution in [2.45, 2.75) is 12.8 Å². The summed E-state index contributed by atoms with van der Waals surface area (Å²) in [4.78, 5) is 30.2. The zero-order valence-electron chi connectivity index (χ0n) is 16.0. The second-order valence-corrected chi connectivity index (χ2v) is 6.61. The van der Waals surface area contributed by atoms with Crippen LogP contribution < -0.4 is 16.2 Å². The molecule has 1 aliphatic heterocycles. The largest absolute Gasteiger partial charge is 0.423 e. The topological polar surface area (TPSA) is 120 Å². The molecule has 2 aromatic rings. The Labute approximate surface area is 169 Å². The summed E-state index contributed by atoms with van der Waals surface area (Å²) < 4.78 is 10.6. The predicted octanol–water partition coefficient (Wildman–Crippen LogP) is 1.60. The molecule has 1 amide bonds. The molecule has 0 unspecified atom stereocenters. The van der Waals surface area contributed by atoms with Gasteiger partial charge in [-0.1, -0.05) is 12.1 Å². The van der Waals surface area contributed by atoms with Gasteiger partial charge in [0.25, 0.3) is 0 Å². The number of rotatable bonds is 6. The number of ether oxygens (including phenoxy) is 2. The van der Waals surface area contributed by atoms with Crippen molar-refractivity contribution >= 4 is 23.5 Å². The van der Waals surface area contributed by atoms with E-state index in [1.165, 1.54) is 0 Å². The Kier molecular flexibility index (Phi) is 6.80. The summed E-state index contributed by atoms with van der Waals surface area (Å²) in [7, 11) is 0. The van der Waals surface area contributed by atoms with Gasteiger partial charge in [-0.05, 0) is 48.4 Å². The third-order valence-electron chi connectivity index (χ3n) is 4.49. The number of morpholine rings is 1. The summed E-state index contributed by atoms with van der Waals surface area (Å²) in [5.74, 6) is 0.0445. The number of carbonyl (C=O) groups is 2. The number of aliphatic imine (C=N–C) groups is 1. The lowest BCUT2D eigenvalue weighted by molar-refractivity contribution is -0.135. The molecule has 0 aliphatic carbocycles. The highest BCUT2D eigenvalue weighted by molar-refractivity contribution is 5.91. The van der Waals surface area contributed by atoms with Gasteiger partial charge in [0.2, 0.25) is 5.91 Å². The molecule has 4 N–H and O–H groups in total. The summed E-state index contributed by atoms with van der Waals surface area (Å²) in [6, 6.07) is 13.6. The van der Waals surface area contributed by atoms with Gasteiger partial charge >= 0.3 is 5.97 Å². The number of esters is 1. The number of nitrogens with two attached hydrogens (primary N) is 2. The number of hydrogen-bond acceptors (Lipinski definition) is 5. The minimum atomic E-state index is -0.475. The first-order valence-corrected chi connectivity index (χ1v) is 9.37. The van der Waals surface area contributed by atoms with Crippen molar-refractivity contribution in [1.82, 2.24) is 4.90 Å². The minimum absolute atomic E-state index is 0.0490. The Morgan fingerprint density at radius 2 is 1.66 bits per heavy atom. The average molecular weight is 396 g/mol. The highest BCUT2D eigenvalue weighted by atomic mass is 16.5. The van der Waals surface area contributed by atoms with Crippen LogP contribution in [0.25, 0.3) is 0 Å². The fourth-order valence-electron chi connectivity index (χ4n) is 2.93. The quantitative estimate of drug-likeness (QED) is 0.331. The molecule has 8 heteroatoms. The van der Waals surface area contributed by atoms with Crippen molar-refractivity contribution in [2.75, 3.05) is 26.3 Å². The van der Waals surface area contributed by atoms with Gasteiger partial charge in [-0.15, -0.1) is 0 Å². The molecule has 0 aromatic heterocycles. The van der Waals surface area contributed by atoms with Crippen LogP contribution in [0.3, 0.4) is 0 Å². The number of nitrogens with zero attached hydrogens (tertiary/aromatic N) is 2. The van der Waals surface area contributed by atoms with Gasteiger partial charge in [-0.25, -0.2) is 9.79 Å². The molecule has 1 heterocycles. The number of aryl methyl sites for hydroxylation is 1. The van der Waals surface area contributed by atoms with Gasteiger partial charge in [-0.3, -0.25) is 4.79 Å². The molecule has 0 atom stereocenters. The highest BCUT2D eigenvalue weighted by Gasteiger charge is 2.16. The zero-order valence-corrected chi connectivity index (χ0v) is 16.0. The van der Waals surface area contributed by atoms with Gasteiger partial charge in [0.15, 0.2) is 5.96 Å². The molecule has 1 saturated heterocycles. The molecular weight excluding hydrogens is 372 g/mol. The van der Waals surface area contributed by atoms with E-state index in [1.54, 1.807) is 36.4 Å². The van der Waals surface area contributed by atoms with E-state index in [-0.39, 0.29) is 11.9 Å². The minimum Gasteiger partial charge on any atom is -0.423 e. The second-order valence-electron chi connectivity index (χ2n) is 6.61. The van der Waals surface area contributed by atoms with E-state index in [0.29, 0.717) is 56.1 Å². The van der Waals surface area contributed by atoms with Crippen LogP contribution in [0.4, 0.5) is 5.69 Å². The SMILES string of the molecule is NC(N)=Nc1ccc(C(=O)Oc2ccc(CCC(=O)N3CCOCC3)cc2)cc1. The lowest BCUT2D eigenvalue weighted by Gasteiger charge is -2.26. The molecule has 2 aromatic carbocycles. The fourth-order valence-corrected chi connectivity index (χ4v) is 2.93. The van der Waals surface area contributed by atoms with Crippen molar-refractivity contribution in [3.63, 3.8) is 0 Å². The Morgan fingerprint density at radius 1 is 1.00 bits per heavy atom. The van der Waals surface area contributed by atoms with E-state index in [1.807, 2.05) is 17.0 Å². The number of carbonyl (C=O) groups excluding carboxylic acids is 2. The monoisotopic (exact) mass is 396 g/mol. The maximum atomic E-state index is 12.3. The maximum absolute atomic E-state index is 12.3. The van der Waals surface area contributed by atoms with Gasteiger partial charge in [0, 0.05) is 19.5 Å². The van der Waals surface area contributed by atoms with Crippen molar-refractivity contribution < 1.29 is 19.1 Å². The van der Waals surface area contributed by atoms with E-state index < -0.39 is 5.97 Å². The van der Waals surface area contributed by atoms with E-state index in [9.17, 15) is 9.59 Å². The van der Waals surface area contributed by atoms with Crippen LogP contribution in [-0.2, 0) is 16.0 Å². The summed E-state index contributed by atoms with van der Waals surface area (Å²) in [6.07, 6.45) is 1.08. The summed E-state index contributed by atoms with van der Waals surface area (Å²) in [5.41, 5.74) is 12.6. The lowest BCUT2D eigenvalue weighted by atomic mass is 10.1. The third-order valence-corrected chi connectivity index (χ3v) is 4.49. The summed E-state index contributed by atoms with van der Waals surface area (Å²) in [5, 5.41) is 0. The molecule has 0 bridgehead atoms. The van der Waals surface area contributed by atoms with Crippen LogP contribution in [0.15, 0.2) is 53.5 Å². The van der Waals surface area contributed by atoms with Crippen molar-refractivity contribution in [2.24, 2.45) is 16.5 Å². The van der Waals surface area contributed by atoms with Crippen LogP contribution in [0.2, 0.25) is 0 Å². The molecular formula is C21H24N4O4. The number of hydrogen-bond donors (Lipinski definition) is 2. The maximum Gasteiger partial charge on any atom is 0.343 e. The molecule has 0 spiro atoms. The number of guanidine groups is 1. The first-order chi connectivity index (χ1) is 14.0. The highest BCUT2D eigenvalue weighted by Crippen LogP contribution is 2.18. The second kappa shape index (κ2) is 9.70. The Hall–Kier alpha value is -3.39. The average Bonchev–Trinajstić information content (AvgIpc) is 2.73. The standard InChI is InChI=1S/C21H24N4O4/c22-21(23)24-17-6-4-16(5-7-17)20(27)29-18-8-1-15(2-9-18)3-10-19(26)25-11-13-28-14-12-25/h1-2,4-9H,3,10-14H2,(H4,22,23,24). The Morgan fingerprint density at radius 3 is 2.28 bits per heavy atom. The molecule has 1 aliphatic rings. The Bertz CT molecular complexity index is 869. The fraction of sp³-hybridized carbons (Fsp3) is 0.286. The van der Waals surface area contributed by atoms with Crippen LogP contribution in [0.1, 0.15) is 22.3 Å². The lowest BCUT2D eigenvalue weighted by Crippen LogP contribution is -2.40. The normalized spacial score (nSPS) is 13.6. The summed E-state index contributed by atoms with van der Waals surface area (Å²) in [6.45, 7) is 2.51. The van der Waals surface area contributed by atoms with E-state index >= 15 is 0 Å². The smallest absolute Gasteiger partial charge is 0.343 e. The van der Waals surface area contributed by atoms with Crippen molar-refractivity contribution in [1.29, 1.82) is 0 Å². The molecule has 152 valence electrons. The summed E-state index contributed by atoms with van der Waals surface area (Å²) >= 11 is 0. The van der Waals surface area contributed by atoms with Gasteiger partial charge in [0.05, 0.1) is 24.5 Å². The number of benzene rings is 2. The van der Waals surface area contributed by atoms with Crippen LogP contribution >= 0.6 is 0 Å². The van der Waals surface area contributed by atoms with Gasteiger partial charge in [0.1, 0.15) is 5.75 Å². The van der Waals surface area contributed by atoms with Gasteiger partial charge in [-0.2, -0.15) is 0 Å². The number of amides is 1. The van der Waals surface area contributed by atoms with Crippen LogP contribution in [0, 0.1) is 0 Å². The first kappa shape index (κ1) is 20.3. The van der Waals surface area contributed by atoms with Crippen LogP contribution in [0.5, 0.6) is 5.75 Å². The van der Waals surface area contributed by atoms with Crippen LogP contribution in [-0.4, -0.2) is 49.0 Å². The molecule has 29 heavy (non-hydrogen) atoms. The first-order valence-electron chi connectivity index (χ1n) is 9.37. The molecule has 1 fully saturated rings.